The average Bonchev–Trinajstić information content (AvgIpc) is 2.86. The van der Waals surface area contributed by atoms with E-state index in [4.69, 9.17) is 16.3 Å². The third-order valence-corrected chi connectivity index (χ3v) is 7.03. The van der Waals surface area contributed by atoms with E-state index in [1.54, 1.807) is 18.2 Å². The van der Waals surface area contributed by atoms with Gasteiger partial charge in [-0.15, -0.1) is 0 Å². The fourth-order valence-electron chi connectivity index (χ4n) is 4.83. The second-order valence-electron chi connectivity index (χ2n) is 9.14. The molecule has 3 aromatic rings. The van der Waals surface area contributed by atoms with Crippen LogP contribution in [0.1, 0.15) is 36.6 Å². The Labute approximate surface area is 218 Å². The highest BCUT2D eigenvalue weighted by Gasteiger charge is 2.34. The van der Waals surface area contributed by atoms with Crippen molar-refractivity contribution in [3.63, 3.8) is 0 Å². The number of halogens is 4. The number of likely N-dealkylation sites (tertiary alicyclic amines) is 1. The summed E-state index contributed by atoms with van der Waals surface area (Å²) in [5, 5.41) is 10.6. The number of methoxy groups -OCH3 is 1. The van der Waals surface area contributed by atoms with Crippen molar-refractivity contribution in [2.75, 3.05) is 26.7 Å². The van der Waals surface area contributed by atoms with Crippen LogP contribution < -0.4 is 4.74 Å². The molecular weight excluding hydrogens is 505 g/mol. The number of piperidine rings is 1. The molecule has 1 saturated heterocycles. The predicted molar refractivity (Wildman–Crippen MR) is 135 cm³/mol. The number of pyridine rings is 1. The highest BCUT2D eigenvalue weighted by molar-refractivity contribution is 6.32. The SMILES string of the molecule is COc1ccc2ncc(Cl)c([C@H](F)CCC3CCN(CC#Cc4cc(F)cc(F)c4)CC3C(=O)O)c2c1. The second kappa shape index (κ2) is 11.8. The molecule has 2 aromatic carbocycles. The number of carboxylic acids is 1. The van der Waals surface area contributed by atoms with Crippen molar-refractivity contribution in [1.29, 1.82) is 0 Å². The van der Waals surface area contributed by atoms with Gasteiger partial charge >= 0.3 is 5.97 Å². The molecule has 37 heavy (non-hydrogen) atoms. The number of ether oxygens (including phenoxy) is 1. The van der Waals surface area contributed by atoms with Gasteiger partial charge in [0.2, 0.25) is 0 Å². The number of fused-ring (bicyclic) bond motifs is 1. The van der Waals surface area contributed by atoms with Gasteiger partial charge in [-0.25, -0.2) is 13.2 Å². The van der Waals surface area contributed by atoms with Crippen LogP contribution >= 0.6 is 11.6 Å². The first-order valence-electron chi connectivity index (χ1n) is 11.9. The number of nitrogens with zero attached hydrogens (tertiary/aromatic N) is 2. The van der Waals surface area contributed by atoms with E-state index < -0.39 is 29.7 Å². The van der Waals surface area contributed by atoms with Crippen LogP contribution in [0, 0.1) is 35.3 Å². The van der Waals surface area contributed by atoms with E-state index >= 15 is 4.39 Å². The van der Waals surface area contributed by atoms with Gasteiger partial charge in [0.1, 0.15) is 23.6 Å². The van der Waals surface area contributed by atoms with Gasteiger partial charge in [-0.05, 0) is 62.1 Å². The summed E-state index contributed by atoms with van der Waals surface area (Å²) >= 11 is 6.32. The number of hydrogen-bond acceptors (Lipinski definition) is 4. The molecule has 1 aromatic heterocycles. The summed E-state index contributed by atoms with van der Waals surface area (Å²) in [4.78, 5) is 18.2. The molecular formula is C28H26ClF3N2O3. The highest BCUT2D eigenvalue weighted by atomic mass is 35.5. The number of carboxylic acid groups (broad SMARTS) is 1. The summed E-state index contributed by atoms with van der Waals surface area (Å²) in [5.41, 5.74) is 1.15. The summed E-state index contributed by atoms with van der Waals surface area (Å²) in [6.07, 6.45) is 1.10. The van der Waals surface area contributed by atoms with Crippen LogP contribution in [0.15, 0.2) is 42.6 Å². The van der Waals surface area contributed by atoms with Crippen LogP contribution in [-0.2, 0) is 4.79 Å². The second-order valence-corrected chi connectivity index (χ2v) is 9.54. The standard InChI is InChI=1S/C28H26ClF3N2O3/c1-37-21-5-7-26-22(14-21)27(24(29)15-33-26)25(32)6-4-18-8-10-34(16-23(18)28(35)36)9-2-3-17-11-19(30)13-20(31)12-17/h5,7,11-15,18,23,25H,4,6,8-10,16H2,1H3,(H,35,36)/t18?,23?,25-/m1/s1. The maximum atomic E-state index is 15.5. The third-order valence-electron chi connectivity index (χ3n) is 6.73. The van der Waals surface area contributed by atoms with Gasteiger partial charge in [0.25, 0.3) is 0 Å². The third kappa shape index (κ3) is 6.54. The molecule has 0 saturated carbocycles. The predicted octanol–water partition coefficient (Wildman–Crippen LogP) is 6.04. The van der Waals surface area contributed by atoms with Gasteiger partial charge in [-0.2, -0.15) is 0 Å². The Morgan fingerprint density at radius 2 is 2.03 bits per heavy atom. The molecule has 0 bridgehead atoms. The number of aliphatic carboxylic acids is 1. The maximum absolute atomic E-state index is 15.5. The average molecular weight is 531 g/mol. The zero-order valence-corrected chi connectivity index (χ0v) is 20.9. The molecule has 194 valence electrons. The summed E-state index contributed by atoms with van der Waals surface area (Å²) < 4.78 is 47.5. The molecule has 1 aliphatic rings. The monoisotopic (exact) mass is 530 g/mol. The van der Waals surface area contributed by atoms with Gasteiger partial charge in [-0.3, -0.25) is 14.7 Å². The van der Waals surface area contributed by atoms with E-state index in [0.29, 0.717) is 41.6 Å². The van der Waals surface area contributed by atoms with Crippen molar-refractivity contribution in [2.45, 2.75) is 25.4 Å². The molecule has 4 rings (SSSR count). The normalized spacial score (nSPS) is 18.7. The van der Waals surface area contributed by atoms with Gasteiger partial charge in [0.05, 0.1) is 30.1 Å². The van der Waals surface area contributed by atoms with Crippen LogP contribution in [0.2, 0.25) is 5.02 Å². The summed E-state index contributed by atoms with van der Waals surface area (Å²) in [6.45, 7) is 1.12. The van der Waals surface area contributed by atoms with Gasteiger partial charge < -0.3 is 9.84 Å². The summed E-state index contributed by atoms with van der Waals surface area (Å²) in [7, 11) is 1.52. The molecule has 0 aliphatic carbocycles. The molecule has 0 amide bonds. The first kappa shape index (κ1) is 26.8. The molecule has 0 radical (unpaired) electrons. The minimum absolute atomic E-state index is 0.120. The van der Waals surface area contributed by atoms with Crippen LogP contribution in [0.25, 0.3) is 10.9 Å². The van der Waals surface area contributed by atoms with Gasteiger partial charge in [0.15, 0.2) is 0 Å². The van der Waals surface area contributed by atoms with E-state index in [-0.39, 0.29) is 36.0 Å². The Kier molecular flexibility index (Phi) is 8.57. The lowest BCUT2D eigenvalue weighted by Gasteiger charge is -2.36. The fourth-order valence-corrected chi connectivity index (χ4v) is 5.10. The zero-order valence-electron chi connectivity index (χ0n) is 20.2. The Bertz CT molecular complexity index is 1340. The van der Waals surface area contributed by atoms with Crippen molar-refractivity contribution in [2.24, 2.45) is 11.8 Å². The number of rotatable bonds is 7. The van der Waals surface area contributed by atoms with Crippen molar-refractivity contribution in [1.82, 2.24) is 9.88 Å². The molecule has 3 atom stereocenters. The van der Waals surface area contributed by atoms with Crippen LogP contribution in [0.5, 0.6) is 5.75 Å². The van der Waals surface area contributed by atoms with Crippen molar-refractivity contribution in [3.8, 4) is 17.6 Å². The van der Waals surface area contributed by atoms with E-state index in [1.165, 1.54) is 13.3 Å². The van der Waals surface area contributed by atoms with Crippen LogP contribution in [0.3, 0.4) is 0 Å². The van der Waals surface area contributed by atoms with E-state index in [2.05, 4.69) is 16.8 Å². The summed E-state index contributed by atoms with van der Waals surface area (Å²) in [6, 6.07) is 8.25. The van der Waals surface area contributed by atoms with Crippen molar-refractivity contribution < 1.29 is 27.8 Å². The molecule has 1 aliphatic heterocycles. The number of benzene rings is 2. The lowest BCUT2D eigenvalue weighted by atomic mass is 9.81. The van der Waals surface area contributed by atoms with E-state index in [0.717, 1.165) is 18.2 Å². The van der Waals surface area contributed by atoms with Crippen LogP contribution in [0.4, 0.5) is 13.2 Å². The minimum atomic E-state index is -1.39. The molecule has 9 heteroatoms. The fraction of sp³-hybridized carbons (Fsp3) is 0.357. The minimum Gasteiger partial charge on any atom is -0.497 e. The van der Waals surface area contributed by atoms with Gasteiger partial charge in [0, 0.05) is 35.3 Å². The molecule has 5 nitrogen and oxygen atoms in total. The van der Waals surface area contributed by atoms with E-state index in [9.17, 15) is 18.7 Å². The maximum Gasteiger partial charge on any atom is 0.308 e. The van der Waals surface area contributed by atoms with Crippen molar-refractivity contribution in [3.05, 3.63) is 70.4 Å². The number of hydrogen-bond donors (Lipinski definition) is 1. The quantitative estimate of drug-likeness (QED) is 0.377. The first-order chi connectivity index (χ1) is 17.7. The Morgan fingerprint density at radius 3 is 2.73 bits per heavy atom. The zero-order chi connectivity index (χ0) is 26.5. The topological polar surface area (TPSA) is 62.7 Å². The first-order valence-corrected chi connectivity index (χ1v) is 12.3. The number of alkyl halides is 1. The smallest absolute Gasteiger partial charge is 0.308 e. The molecule has 1 fully saturated rings. The Balaban J connectivity index is 1.41. The van der Waals surface area contributed by atoms with Gasteiger partial charge in [-0.1, -0.05) is 23.4 Å². The largest absolute Gasteiger partial charge is 0.497 e. The van der Waals surface area contributed by atoms with Crippen LogP contribution in [-0.4, -0.2) is 47.7 Å². The molecule has 0 spiro atoms. The summed E-state index contributed by atoms with van der Waals surface area (Å²) in [5.74, 6) is 2.90. The molecule has 1 N–H and O–H groups in total. The Morgan fingerprint density at radius 1 is 1.27 bits per heavy atom. The highest BCUT2D eigenvalue weighted by Crippen LogP contribution is 2.38. The van der Waals surface area contributed by atoms with E-state index in [1.807, 2.05) is 4.90 Å². The molecule has 2 heterocycles. The molecule has 2 unspecified atom stereocenters. The van der Waals surface area contributed by atoms with Crippen molar-refractivity contribution >= 4 is 28.5 Å². The number of carbonyl (C=O) groups is 1. The number of aromatic nitrogens is 1. The lowest BCUT2D eigenvalue weighted by molar-refractivity contribution is -0.146. The lowest BCUT2D eigenvalue weighted by Crippen LogP contribution is -2.44. The Hall–Kier alpha value is -3.28.